The zero-order chi connectivity index (χ0) is 9.61. The topological polar surface area (TPSA) is 34.1 Å². The number of rotatable bonds is 5. The van der Waals surface area contributed by atoms with E-state index in [1.54, 1.807) is 0 Å². The predicted molar refractivity (Wildman–Crippen MR) is 52.6 cm³/mol. The second-order valence-corrected chi connectivity index (χ2v) is 5.03. The van der Waals surface area contributed by atoms with E-state index in [1.807, 2.05) is 6.92 Å². The van der Waals surface area contributed by atoms with Crippen molar-refractivity contribution in [3.63, 3.8) is 0 Å². The lowest BCUT2D eigenvalue weighted by Gasteiger charge is -1.99. The van der Waals surface area contributed by atoms with Crippen LogP contribution in [0.4, 0.5) is 0 Å². The minimum Gasteiger partial charge on any atom is -0.207 e. The maximum Gasteiger partial charge on any atom is 0.257 e. The van der Waals surface area contributed by atoms with E-state index in [9.17, 15) is 8.42 Å². The quantitative estimate of drug-likeness (QED) is 0.514. The van der Waals surface area contributed by atoms with Gasteiger partial charge in [-0.1, -0.05) is 26.0 Å². The van der Waals surface area contributed by atoms with Gasteiger partial charge in [0.25, 0.3) is 9.05 Å². The fraction of sp³-hybridized carbons (Fsp3) is 0.500. The van der Waals surface area contributed by atoms with Crippen molar-refractivity contribution < 1.29 is 8.42 Å². The molecule has 0 saturated carbocycles. The molecule has 0 N–H and O–H groups in total. The number of hydrogen-bond acceptors (Lipinski definition) is 2. The van der Waals surface area contributed by atoms with Crippen LogP contribution in [0.5, 0.6) is 0 Å². The first-order chi connectivity index (χ1) is 5.52. The number of hydrogen-bond donors (Lipinski definition) is 0. The van der Waals surface area contributed by atoms with Crippen LogP contribution >= 0.6 is 10.7 Å². The summed E-state index contributed by atoms with van der Waals surface area (Å²) in [7, 11) is 1.63. The fourth-order valence-corrected chi connectivity index (χ4v) is 1.80. The average Bonchev–Trinajstić information content (AvgIpc) is 1.95. The highest BCUT2D eigenvalue weighted by Crippen LogP contribution is 2.18. The van der Waals surface area contributed by atoms with Crippen LogP contribution in [-0.2, 0) is 9.05 Å². The fourth-order valence-electron chi connectivity index (χ4n) is 0.769. The Morgan fingerprint density at radius 3 is 2.50 bits per heavy atom. The zero-order valence-corrected chi connectivity index (χ0v) is 8.66. The molecule has 2 nitrogen and oxygen atoms in total. The molecule has 0 aromatic carbocycles. The van der Waals surface area contributed by atoms with E-state index in [1.165, 1.54) is 12.2 Å². The summed E-state index contributed by atoms with van der Waals surface area (Å²) in [5, 5.41) is 0. The molecule has 70 valence electrons. The molecule has 0 aromatic heterocycles. The Bertz CT molecular complexity index is 265. The SMILES string of the molecule is C=C/C=C(/CCCC)S(=O)(=O)Cl. The third-order valence-electron chi connectivity index (χ3n) is 1.39. The van der Waals surface area contributed by atoms with Gasteiger partial charge in [-0.15, -0.1) is 0 Å². The van der Waals surface area contributed by atoms with E-state index in [-0.39, 0.29) is 4.91 Å². The molecular formula is C8H13ClO2S. The number of unbranched alkanes of at least 4 members (excludes halogenated alkanes) is 1. The van der Waals surface area contributed by atoms with Crippen LogP contribution in [0.2, 0.25) is 0 Å². The Hall–Kier alpha value is -0.280. The van der Waals surface area contributed by atoms with E-state index < -0.39 is 9.05 Å². The Morgan fingerprint density at radius 2 is 2.17 bits per heavy atom. The summed E-state index contributed by atoms with van der Waals surface area (Å²) >= 11 is 0. The van der Waals surface area contributed by atoms with E-state index in [0.717, 1.165) is 12.8 Å². The van der Waals surface area contributed by atoms with Crippen LogP contribution in [0.3, 0.4) is 0 Å². The van der Waals surface area contributed by atoms with Gasteiger partial charge in [-0.3, -0.25) is 0 Å². The molecule has 0 amide bonds. The van der Waals surface area contributed by atoms with Gasteiger partial charge >= 0.3 is 0 Å². The molecular weight excluding hydrogens is 196 g/mol. The summed E-state index contributed by atoms with van der Waals surface area (Å²) in [4.78, 5) is 0.251. The summed E-state index contributed by atoms with van der Waals surface area (Å²) in [5.74, 6) is 0. The monoisotopic (exact) mass is 208 g/mol. The van der Waals surface area contributed by atoms with Crippen LogP contribution in [0.15, 0.2) is 23.6 Å². The molecule has 0 aliphatic heterocycles. The predicted octanol–water partition coefficient (Wildman–Crippen LogP) is 2.82. The average molecular weight is 209 g/mol. The molecule has 0 saturated heterocycles. The largest absolute Gasteiger partial charge is 0.257 e. The van der Waals surface area contributed by atoms with Crippen LogP contribution in [0.1, 0.15) is 26.2 Å². The second-order valence-electron chi connectivity index (χ2n) is 2.41. The molecule has 0 aromatic rings. The minimum absolute atomic E-state index is 0.251. The number of allylic oxidation sites excluding steroid dienone is 3. The molecule has 0 spiro atoms. The lowest BCUT2D eigenvalue weighted by molar-refractivity contribution is 0.612. The van der Waals surface area contributed by atoms with Gasteiger partial charge in [0.05, 0.1) is 4.91 Å². The summed E-state index contributed by atoms with van der Waals surface area (Å²) in [6, 6.07) is 0. The van der Waals surface area contributed by atoms with Gasteiger partial charge in [0.2, 0.25) is 0 Å². The molecule has 0 rings (SSSR count). The molecule has 12 heavy (non-hydrogen) atoms. The summed E-state index contributed by atoms with van der Waals surface area (Å²) < 4.78 is 21.8. The van der Waals surface area contributed by atoms with E-state index in [2.05, 4.69) is 6.58 Å². The van der Waals surface area contributed by atoms with Crippen molar-refractivity contribution in [1.29, 1.82) is 0 Å². The van der Waals surface area contributed by atoms with Crippen molar-refractivity contribution in [3.8, 4) is 0 Å². The van der Waals surface area contributed by atoms with Crippen molar-refractivity contribution >= 4 is 19.7 Å². The van der Waals surface area contributed by atoms with Crippen molar-refractivity contribution in [1.82, 2.24) is 0 Å². The minimum atomic E-state index is -3.54. The molecule has 0 aliphatic carbocycles. The van der Waals surface area contributed by atoms with Crippen LogP contribution in [0.25, 0.3) is 0 Å². The first-order valence-corrected chi connectivity index (χ1v) is 6.09. The van der Waals surface area contributed by atoms with Gasteiger partial charge in [0, 0.05) is 10.7 Å². The third kappa shape index (κ3) is 4.57. The maximum absolute atomic E-state index is 10.9. The molecule has 0 unspecified atom stereocenters. The van der Waals surface area contributed by atoms with Crippen molar-refractivity contribution in [2.75, 3.05) is 0 Å². The Labute approximate surface area is 78.3 Å². The molecule has 0 aliphatic rings. The van der Waals surface area contributed by atoms with Gasteiger partial charge in [-0.2, -0.15) is 0 Å². The molecule has 0 fully saturated rings. The molecule has 0 bridgehead atoms. The summed E-state index contributed by atoms with van der Waals surface area (Å²) in [5.41, 5.74) is 0. The van der Waals surface area contributed by atoms with Crippen LogP contribution in [-0.4, -0.2) is 8.42 Å². The van der Waals surface area contributed by atoms with E-state index in [0.29, 0.717) is 6.42 Å². The molecule has 0 radical (unpaired) electrons. The highest BCUT2D eigenvalue weighted by Gasteiger charge is 2.11. The van der Waals surface area contributed by atoms with Gasteiger partial charge in [0.15, 0.2) is 0 Å². The van der Waals surface area contributed by atoms with Gasteiger partial charge < -0.3 is 0 Å². The smallest absolute Gasteiger partial charge is 0.207 e. The molecule has 0 atom stereocenters. The highest BCUT2D eigenvalue weighted by atomic mass is 35.7. The zero-order valence-electron chi connectivity index (χ0n) is 7.09. The van der Waals surface area contributed by atoms with Crippen LogP contribution < -0.4 is 0 Å². The number of halogens is 1. The van der Waals surface area contributed by atoms with E-state index in [4.69, 9.17) is 10.7 Å². The van der Waals surface area contributed by atoms with E-state index >= 15 is 0 Å². The summed E-state index contributed by atoms with van der Waals surface area (Å²) in [6.07, 6.45) is 5.14. The van der Waals surface area contributed by atoms with Crippen molar-refractivity contribution in [2.45, 2.75) is 26.2 Å². The maximum atomic E-state index is 10.9. The van der Waals surface area contributed by atoms with Gasteiger partial charge in [-0.25, -0.2) is 8.42 Å². The first kappa shape index (κ1) is 11.7. The van der Waals surface area contributed by atoms with Crippen molar-refractivity contribution in [2.24, 2.45) is 0 Å². The summed E-state index contributed by atoms with van der Waals surface area (Å²) in [6.45, 7) is 5.42. The first-order valence-electron chi connectivity index (χ1n) is 3.78. The molecule has 0 heterocycles. The Balaban J connectivity index is 4.47. The lowest BCUT2D eigenvalue weighted by Crippen LogP contribution is -1.94. The Morgan fingerprint density at radius 1 is 1.58 bits per heavy atom. The van der Waals surface area contributed by atoms with Crippen molar-refractivity contribution in [3.05, 3.63) is 23.6 Å². The van der Waals surface area contributed by atoms with Gasteiger partial charge in [0.1, 0.15) is 0 Å². The van der Waals surface area contributed by atoms with Crippen LogP contribution in [0, 0.1) is 0 Å². The Kier molecular flexibility index (Phi) is 5.25. The normalized spacial score (nSPS) is 13.0. The highest BCUT2D eigenvalue weighted by molar-refractivity contribution is 8.16. The molecule has 4 heteroatoms. The lowest BCUT2D eigenvalue weighted by atomic mass is 10.2. The van der Waals surface area contributed by atoms with Gasteiger partial charge in [-0.05, 0) is 18.9 Å². The standard InChI is InChI=1S/C8H13ClO2S/c1-3-5-7-8(6-4-2)12(9,10)11/h4,6H,2-3,5,7H2,1H3/b8-6-. The third-order valence-corrected chi connectivity index (χ3v) is 2.95. The second kappa shape index (κ2) is 5.38.